The van der Waals surface area contributed by atoms with Gasteiger partial charge in [-0.2, -0.15) is 0 Å². The lowest BCUT2D eigenvalue weighted by molar-refractivity contribution is -0.938. The quantitative estimate of drug-likeness (QED) is 0.166. The number of epoxide rings is 1. The summed E-state index contributed by atoms with van der Waals surface area (Å²) in [5.74, 6) is 0.396. The molecule has 0 aliphatic carbocycles. The summed E-state index contributed by atoms with van der Waals surface area (Å²) in [7, 11) is 6.04. The van der Waals surface area contributed by atoms with Crippen molar-refractivity contribution in [3.63, 3.8) is 0 Å². The van der Waals surface area contributed by atoms with Crippen LogP contribution in [-0.2, 0) is 27.3 Å². The fraction of sp³-hybridized carbons (Fsp3) is 0.412. The second-order valence-corrected chi connectivity index (χ2v) is 13.3. The van der Waals surface area contributed by atoms with Crippen LogP contribution in [0, 0.1) is 0 Å². The van der Waals surface area contributed by atoms with E-state index in [1.165, 1.54) is 7.11 Å². The van der Waals surface area contributed by atoms with Gasteiger partial charge in [-0.15, -0.1) is 0 Å². The van der Waals surface area contributed by atoms with Gasteiger partial charge in [0.05, 0.1) is 39.2 Å². The molecular formula is C34H39BrIN3O6. The number of rotatable bonds is 10. The van der Waals surface area contributed by atoms with Crippen LogP contribution in [0.15, 0.2) is 65.1 Å². The lowest BCUT2D eigenvalue weighted by Crippen LogP contribution is -3.00. The van der Waals surface area contributed by atoms with Crippen molar-refractivity contribution in [3.8, 4) is 16.9 Å². The third-order valence-corrected chi connectivity index (χ3v) is 10.1. The molecule has 0 spiro atoms. The van der Waals surface area contributed by atoms with E-state index in [-0.39, 0.29) is 42.6 Å². The molecule has 3 N–H and O–H groups in total. The van der Waals surface area contributed by atoms with Crippen molar-refractivity contribution >= 4 is 39.3 Å². The highest BCUT2D eigenvalue weighted by molar-refractivity contribution is 9.10. The van der Waals surface area contributed by atoms with E-state index in [1.807, 2.05) is 42.5 Å². The molecule has 5 atom stereocenters. The monoisotopic (exact) mass is 791 g/mol. The summed E-state index contributed by atoms with van der Waals surface area (Å²) in [6.07, 6.45) is 3.34. The van der Waals surface area contributed by atoms with Gasteiger partial charge in [-0.05, 0) is 58.1 Å². The standard InChI is InChI=1S/C34H38BrN3O6.HI/c1-38(2)28-16-23(17-29(38)33-32(28)44-33)43-34(41)37-26-13-12-20(14-24(26)21-9-5-4-6-10-21)8-7-11-31(40)36-27-18-30(42-3)22(19-39)15-25(27)35;/h4-6,9-10,12-15,18,23,28-29,32-33,39H,7-8,11,16-17,19H2,1-3H3,(H-,36,37,40,41);1H/t23?,28-,29+,32-,33+;. The maximum Gasteiger partial charge on any atom is 0.411 e. The number of aliphatic hydroxyl groups excluding tert-OH is 1. The number of fused-ring (bicyclic) bond motifs is 5. The zero-order valence-corrected chi connectivity index (χ0v) is 29.3. The number of aryl methyl sites for hydroxylation is 1. The molecule has 11 heteroatoms. The zero-order valence-electron chi connectivity index (χ0n) is 25.6. The lowest BCUT2D eigenvalue weighted by Gasteiger charge is -2.45. The molecule has 240 valence electrons. The number of methoxy groups -OCH3 is 1. The number of piperidine rings is 1. The number of halogens is 2. The number of ether oxygens (including phenoxy) is 3. The van der Waals surface area contributed by atoms with Crippen LogP contribution in [0.5, 0.6) is 5.75 Å². The summed E-state index contributed by atoms with van der Waals surface area (Å²) < 4.78 is 18.8. The summed E-state index contributed by atoms with van der Waals surface area (Å²) >= 11 is 3.46. The van der Waals surface area contributed by atoms with E-state index in [0.29, 0.717) is 70.7 Å². The molecule has 3 aromatic carbocycles. The van der Waals surface area contributed by atoms with E-state index in [2.05, 4.69) is 46.7 Å². The van der Waals surface area contributed by atoms with Crippen LogP contribution in [0.3, 0.4) is 0 Å². The van der Waals surface area contributed by atoms with Crippen molar-refractivity contribution in [2.45, 2.75) is 69.1 Å². The van der Waals surface area contributed by atoms with Crippen LogP contribution < -0.4 is 39.3 Å². The molecule has 2 amide bonds. The second kappa shape index (κ2) is 14.0. The number of carbonyl (C=O) groups excluding carboxylic acids is 2. The SMILES string of the molecule is COc1cc(NC(=O)CCCc2ccc(NC(=O)OC3C[C@@H]4[C@H]5O[C@H]5[C@H](C3)[N+]4(C)C)c(-c3ccccc3)c2)c(Br)cc1CO.[I-]. The molecule has 3 heterocycles. The summed E-state index contributed by atoms with van der Waals surface area (Å²) in [6, 6.07) is 20.1. The molecule has 3 aliphatic heterocycles. The van der Waals surface area contributed by atoms with E-state index in [9.17, 15) is 14.7 Å². The number of hydrogen-bond donors (Lipinski definition) is 3. The van der Waals surface area contributed by atoms with E-state index >= 15 is 0 Å². The Balaban J connectivity index is 0.00000400. The van der Waals surface area contributed by atoms with Gasteiger partial charge >= 0.3 is 6.09 Å². The Bertz CT molecular complexity index is 1530. The molecule has 45 heavy (non-hydrogen) atoms. The lowest BCUT2D eigenvalue weighted by atomic mass is 9.96. The Morgan fingerprint density at radius 3 is 2.38 bits per heavy atom. The van der Waals surface area contributed by atoms with Crippen LogP contribution >= 0.6 is 15.9 Å². The van der Waals surface area contributed by atoms with Crippen molar-refractivity contribution in [2.75, 3.05) is 31.8 Å². The largest absolute Gasteiger partial charge is 1.00 e. The number of carbonyl (C=O) groups is 2. The maximum absolute atomic E-state index is 13.1. The molecule has 0 saturated carbocycles. The number of quaternary nitrogens is 1. The van der Waals surface area contributed by atoms with Gasteiger partial charge in [0.25, 0.3) is 0 Å². The average Bonchev–Trinajstić information content (AvgIpc) is 3.78. The van der Waals surface area contributed by atoms with Gasteiger partial charge in [-0.25, -0.2) is 4.79 Å². The Morgan fingerprint density at radius 2 is 1.71 bits per heavy atom. The Morgan fingerprint density at radius 1 is 1.00 bits per heavy atom. The van der Waals surface area contributed by atoms with Gasteiger partial charge < -0.3 is 53.1 Å². The number of amides is 2. The molecule has 9 nitrogen and oxygen atoms in total. The number of morpholine rings is 1. The first kappa shape index (κ1) is 33.6. The van der Waals surface area contributed by atoms with Crippen molar-refractivity contribution in [2.24, 2.45) is 0 Å². The zero-order chi connectivity index (χ0) is 31.0. The van der Waals surface area contributed by atoms with Crippen LogP contribution in [0.2, 0.25) is 0 Å². The topological polar surface area (TPSA) is 109 Å². The minimum absolute atomic E-state index is 0. The second-order valence-electron chi connectivity index (χ2n) is 12.4. The van der Waals surface area contributed by atoms with Crippen molar-refractivity contribution in [1.29, 1.82) is 0 Å². The number of aliphatic hydroxyl groups is 1. The maximum atomic E-state index is 13.1. The van der Waals surface area contributed by atoms with E-state index in [1.54, 1.807) is 12.1 Å². The number of benzene rings is 3. The summed E-state index contributed by atoms with van der Waals surface area (Å²) in [4.78, 5) is 25.8. The van der Waals surface area contributed by atoms with Crippen LogP contribution in [0.4, 0.5) is 16.2 Å². The first-order chi connectivity index (χ1) is 21.2. The van der Waals surface area contributed by atoms with Gasteiger partial charge in [0, 0.05) is 40.9 Å². The van der Waals surface area contributed by atoms with E-state index in [0.717, 1.165) is 34.0 Å². The van der Waals surface area contributed by atoms with Crippen LogP contribution in [0.25, 0.3) is 11.1 Å². The molecule has 0 radical (unpaired) electrons. The molecule has 1 unspecified atom stereocenters. The molecule has 3 aromatic rings. The summed E-state index contributed by atoms with van der Waals surface area (Å²) in [5.41, 5.74) is 4.86. The molecular weight excluding hydrogens is 753 g/mol. The molecule has 2 bridgehead atoms. The smallest absolute Gasteiger partial charge is 0.411 e. The molecule has 0 aromatic heterocycles. The van der Waals surface area contributed by atoms with Gasteiger partial charge in [-0.1, -0.05) is 36.4 Å². The van der Waals surface area contributed by atoms with Gasteiger partial charge in [0.2, 0.25) is 5.91 Å². The number of hydrogen-bond acceptors (Lipinski definition) is 6. The third kappa shape index (κ3) is 7.17. The van der Waals surface area contributed by atoms with E-state index in [4.69, 9.17) is 14.2 Å². The van der Waals surface area contributed by atoms with Crippen LogP contribution in [0.1, 0.15) is 36.8 Å². The molecule has 3 aliphatic rings. The van der Waals surface area contributed by atoms with Crippen molar-refractivity contribution < 1.29 is 57.4 Å². The highest BCUT2D eigenvalue weighted by Crippen LogP contribution is 2.51. The number of nitrogens with zero attached hydrogens (tertiary/aromatic N) is 1. The van der Waals surface area contributed by atoms with E-state index < -0.39 is 6.09 Å². The first-order valence-electron chi connectivity index (χ1n) is 15.1. The van der Waals surface area contributed by atoms with Crippen molar-refractivity contribution in [1.82, 2.24) is 0 Å². The fourth-order valence-electron chi connectivity index (χ4n) is 6.97. The minimum Gasteiger partial charge on any atom is -1.00 e. The number of nitrogens with one attached hydrogen (secondary N) is 2. The van der Waals surface area contributed by atoms with Gasteiger partial charge in [0.15, 0.2) is 0 Å². The first-order valence-corrected chi connectivity index (χ1v) is 15.9. The van der Waals surface area contributed by atoms with Gasteiger partial charge in [-0.3, -0.25) is 10.1 Å². The highest BCUT2D eigenvalue weighted by atomic mass is 127. The number of anilines is 2. The predicted octanol–water partition coefficient (Wildman–Crippen LogP) is 2.89. The van der Waals surface area contributed by atoms with Gasteiger partial charge in [0.1, 0.15) is 36.1 Å². The Kier molecular flexibility index (Phi) is 10.4. The Hall–Kier alpha value is -2.71. The van der Waals surface area contributed by atoms with Crippen molar-refractivity contribution in [3.05, 3.63) is 76.3 Å². The average molecular weight is 793 g/mol. The molecule has 6 rings (SSSR count). The van der Waals surface area contributed by atoms with Crippen LogP contribution in [-0.4, -0.2) is 73.2 Å². The fourth-order valence-corrected chi connectivity index (χ4v) is 7.46. The molecule has 3 fully saturated rings. The summed E-state index contributed by atoms with van der Waals surface area (Å²) in [6.45, 7) is -0.160. The summed E-state index contributed by atoms with van der Waals surface area (Å²) in [5, 5.41) is 15.4. The predicted molar refractivity (Wildman–Crippen MR) is 172 cm³/mol. The Labute approximate surface area is 289 Å². The molecule has 3 saturated heterocycles. The third-order valence-electron chi connectivity index (χ3n) is 9.40. The highest BCUT2D eigenvalue weighted by Gasteiger charge is 2.70. The normalized spacial score (nSPS) is 23.7. The minimum atomic E-state index is -0.437. The number of likely N-dealkylation sites (N-methyl/N-ethyl adjacent to an activating group) is 1.